The van der Waals surface area contributed by atoms with Crippen LogP contribution in [0.2, 0.25) is 5.02 Å². The van der Waals surface area contributed by atoms with Gasteiger partial charge in [0.25, 0.3) is 0 Å². The summed E-state index contributed by atoms with van der Waals surface area (Å²) in [6.07, 6.45) is 1.85. The molecule has 6 heteroatoms. The zero-order chi connectivity index (χ0) is 15.2. The van der Waals surface area contributed by atoms with Gasteiger partial charge in [-0.15, -0.1) is 10.2 Å². The van der Waals surface area contributed by atoms with Crippen LogP contribution in [0.1, 0.15) is 25.3 Å². The van der Waals surface area contributed by atoms with Gasteiger partial charge < -0.3 is 5.32 Å². The van der Waals surface area contributed by atoms with Crippen LogP contribution >= 0.6 is 22.9 Å². The summed E-state index contributed by atoms with van der Waals surface area (Å²) in [5.41, 5.74) is 0.421. The van der Waals surface area contributed by atoms with Crippen LogP contribution in [0.25, 0.3) is 10.6 Å². The molecule has 0 aliphatic heterocycles. The first kappa shape index (κ1) is 16.3. The van der Waals surface area contributed by atoms with Crippen LogP contribution in [0.15, 0.2) is 18.2 Å². The lowest BCUT2D eigenvalue weighted by Gasteiger charge is -2.05. The first-order valence-electron chi connectivity index (χ1n) is 7.05. The second-order valence-corrected chi connectivity index (χ2v) is 6.83. The number of halogens is 2. The van der Waals surface area contributed by atoms with Crippen molar-refractivity contribution in [2.24, 2.45) is 5.92 Å². The second kappa shape index (κ2) is 7.82. The number of hydrogen-bond donors (Lipinski definition) is 1. The van der Waals surface area contributed by atoms with Crippen molar-refractivity contribution in [1.82, 2.24) is 15.5 Å². The van der Waals surface area contributed by atoms with E-state index in [1.165, 1.54) is 23.5 Å². The molecule has 0 aliphatic carbocycles. The molecule has 1 aromatic heterocycles. The van der Waals surface area contributed by atoms with Gasteiger partial charge in [-0.25, -0.2) is 4.39 Å². The number of hydrogen-bond acceptors (Lipinski definition) is 4. The van der Waals surface area contributed by atoms with E-state index < -0.39 is 0 Å². The van der Waals surface area contributed by atoms with E-state index in [1.54, 1.807) is 6.07 Å². The van der Waals surface area contributed by atoms with Gasteiger partial charge in [0.2, 0.25) is 0 Å². The minimum Gasteiger partial charge on any atom is -0.316 e. The topological polar surface area (TPSA) is 37.8 Å². The summed E-state index contributed by atoms with van der Waals surface area (Å²) in [6.45, 7) is 6.35. The Kier molecular flexibility index (Phi) is 6.08. The van der Waals surface area contributed by atoms with Gasteiger partial charge in [0, 0.05) is 17.0 Å². The summed E-state index contributed by atoms with van der Waals surface area (Å²) in [6, 6.07) is 4.47. The zero-order valence-electron chi connectivity index (χ0n) is 12.2. The average Bonchev–Trinajstić information content (AvgIpc) is 2.89. The van der Waals surface area contributed by atoms with Crippen molar-refractivity contribution in [1.29, 1.82) is 0 Å². The normalized spacial score (nSPS) is 11.3. The average molecular weight is 328 g/mol. The standard InChI is InChI=1S/C15H19ClFN3S/c1-10(2)9-18-7-3-4-14-19-20-15(21-14)12-8-11(16)5-6-13(12)17/h5-6,8,10,18H,3-4,7,9H2,1-2H3. The number of nitrogens with one attached hydrogen (secondary N) is 1. The molecule has 1 N–H and O–H groups in total. The lowest BCUT2D eigenvalue weighted by Crippen LogP contribution is -2.21. The molecule has 2 aromatic rings. The Hall–Kier alpha value is -1.04. The SMILES string of the molecule is CC(C)CNCCCc1nnc(-c2cc(Cl)ccc2F)s1. The van der Waals surface area contributed by atoms with Crippen molar-refractivity contribution in [2.75, 3.05) is 13.1 Å². The minimum absolute atomic E-state index is 0.319. The van der Waals surface area contributed by atoms with Gasteiger partial charge in [0.05, 0.1) is 0 Å². The maximum atomic E-state index is 13.8. The summed E-state index contributed by atoms with van der Waals surface area (Å²) in [7, 11) is 0. The van der Waals surface area contributed by atoms with E-state index >= 15 is 0 Å². The van der Waals surface area contributed by atoms with E-state index in [2.05, 4.69) is 29.4 Å². The van der Waals surface area contributed by atoms with Crippen molar-refractivity contribution in [3.63, 3.8) is 0 Å². The number of benzene rings is 1. The molecule has 2 rings (SSSR count). The molecule has 0 bridgehead atoms. The van der Waals surface area contributed by atoms with Crippen molar-refractivity contribution < 1.29 is 4.39 Å². The minimum atomic E-state index is -0.319. The molecule has 0 fully saturated rings. The number of nitrogens with zero attached hydrogens (tertiary/aromatic N) is 2. The third-order valence-corrected chi connectivity index (χ3v) is 4.17. The fourth-order valence-corrected chi connectivity index (χ4v) is 2.95. The van der Waals surface area contributed by atoms with E-state index in [0.29, 0.717) is 21.5 Å². The summed E-state index contributed by atoms with van der Waals surface area (Å²) >= 11 is 7.32. The maximum Gasteiger partial charge on any atom is 0.150 e. The van der Waals surface area contributed by atoms with E-state index in [9.17, 15) is 4.39 Å². The fraction of sp³-hybridized carbons (Fsp3) is 0.467. The van der Waals surface area contributed by atoms with Crippen LogP contribution < -0.4 is 5.32 Å². The van der Waals surface area contributed by atoms with Crippen LogP contribution in [0.4, 0.5) is 4.39 Å². The first-order valence-corrected chi connectivity index (χ1v) is 8.24. The molecular weight excluding hydrogens is 309 g/mol. The molecule has 21 heavy (non-hydrogen) atoms. The smallest absolute Gasteiger partial charge is 0.150 e. The zero-order valence-corrected chi connectivity index (χ0v) is 13.8. The van der Waals surface area contributed by atoms with E-state index in [4.69, 9.17) is 11.6 Å². The van der Waals surface area contributed by atoms with Gasteiger partial charge in [0.15, 0.2) is 5.01 Å². The third kappa shape index (κ3) is 5.02. The van der Waals surface area contributed by atoms with Crippen LogP contribution in [0.5, 0.6) is 0 Å². The molecule has 1 heterocycles. The highest BCUT2D eigenvalue weighted by atomic mass is 35.5. The summed E-state index contributed by atoms with van der Waals surface area (Å²) in [5, 5.41) is 13.6. The Morgan fingerprint density at radius 2 is 2.14 bits per heavy atom. The molecule has 0 atom stereocenters. The molecule has 0 saturated carbocycles. The van der Waals surface area contributed by atoms with Gasteiger partial charge in [-0.2, -0.15) is 0 Å². The van der Waals surface area contributed by atoms with Crippen molar-refractivity contribution >= 4 is 22.9 Å². The van der Waals surface area contributed by atoms with E-state index in [-0.39, 0.29) is 5.82 Å². The van der Waals surface area contributed by atoms with Crippen LogP contribution in [-0.4, -0.2) is 23.3 Å². The highest BCUT2D eigenvalue weighted by Gasteiger charge is 2.11. The highest BCUT2D eigenvalue weighted by Crippen LogP contribution is 2.28. The molecule has 0 unspecified atom stereocenters. The molecular formula is C15H19ClFN3S. The van der Waals surface area contributed by atoms with Crippen LogP contribution in [0.3, 0.4) is 0 Å². The summed E-state index contributed by atoms with van der Waals surface area (Å²) < 4.78 is 13.8. The van der Waals surface area contributed by atoms with Gasteiger partial charge in [0.1, 0.15) is 10.8 Å². The van der Waals surface area contributed by atoms with Gasteiger partial charge >= 0.3 is 0 Å². The Balaban J connectivity index is 1.91. The maximum absolute atomic E-state index is 13.8. The second-order valence-electron chi connectivity index (χ2n) is 5.33. The number of aryl methyl sites for hydroxylation is 1. The summed E-state index contributed by atoms with van der Waals surface area (Å²) in [4.78, 5) is 0. The van der Waals surface area contributed by atoms with Crippen molar-refractivity contribution in [2.45, 2.75) is 26.7 Å². The molecule has 0 spiro atoms. The van der Waals surface area contributed by atoms with Crippen LogP contribution in [-0.2, 0) is 6.42 Å². The molecule has 1 aromatic carbocycles. The van der Waals surface area contributed by atoms with E-state index in [0.717, 1.165) is 30.9 Å². The molecule has 0 radical (unpaired) electrons. The predicted molar refractivity (Wildman–Crippen MR) is 86.3 cm³/mol. The Morgan fingerprint density at radius 1 is 1.33 bits per heavy atom. The van der Waals surface area contributed by atoms with Crippen molar-refractivity contribution in [3.05, 3.63) is 34.0 Å². The monoisotopic (exact) mass is 327 g/mol. The predicted octanol–water partition coefficient (Wildman–Crippen LogP) is 4.18. The van der Waals surface area contributed by atoms with Gasteiger partial charge in [-0.05, 0) is 43.6 Å². The summed E-state index contributed by atoms with van der Waals surface area (Å²) in [5.74, 6) is 0.338. The van der Waals surface area contributed by atoms with Crippen LogP contribution in [0, 0.1) is 11.7 Å². The van der Waals surface area contributed by atoms with E-state index in [1.807, 2.05) is 0 Å². The lowest BCUT2D eigenvalue weighted by atomic mass is 10.2. The number of rotatable bonds is 7. The molecule has 3 nitrogen and oxygen atoms in total. The highest BCUT2D eigenvalue weighted by molar-refractivity contribution is 7.14. The molecule has 0 aliphatic rings. The Morgan fingerprint density at radius 3 is 2.90 bits per heavy atom. The molecule has 114 valence electrons. The molecule has 0 amide bonds. The Labute approximate surface area is 133 Å². The third-order valence-electron chi connectivity index (χ3n) is 2.92. The van der Waals surface area contributed by atoms with Gasteiger partial charge in [-0.1, -0.05) is 36.8 Å². The van der Waals surface area contributed by atoms with Crippen molar-refractivity contribution in [3.8, 4) is 10.6 Å². The Bertz CT molecular complexity index is 586. The first-order chi connectivity index (χ1) is 10.1. The largest absolute Gasteiger partial charge is 0.316 e. The van der Waals surface area contributed by atoms with Gasteiger partial charge in [-0.3, -0.25) is 0 Å². The molecule has 0 saturated heterocycles. The quantitative estimate of drug-likeness (QED) is 0.775. The number of aromatic nitrogens is 2. The fourth-order valence-electron chi connectivity index (χ4n) is 1.88. The lowest BCUT2D eigenvalue weighted by molar-refractivity contribution is 0.542.